The van der Waals surface area contributed by atoms with Gasteiger partial charge in [0.15, 0.2) is 5.82 Å². The van der Waals surface area contributed by atoms with Gasteiger partial charge in [-0.3, -0.25) is 15.2 Å². The Hall–Kier alpha value is -0.910. The van der Waals surface area contributed by atoms with E-state index in [1.165, 1.54) is 12.3 Å². The maximum absolute atomic E-state index is 12.6. The minimum absolute atomic E-state index is 0. The lowest BCUT2D eigenvalue weighted by molar-refractivity contribution is 0.0949. The summed E-state index contributed by atoms with van der Waals surface area (Å²) in [5, 5.41) is 0. The van der Waals surface area contributed by atoms with E-state index in [4.69, 9.17) is 5.84 Å². The first-order valence-corrected chi connectivity index (χ1v) is 2.86. The molecule has 1 amide bonds. The molecule has 0 aliphatic rings. The Morgan fingerprint density at radius 2 is 2.15 bits per heavy atom. The highest BCUT2D eigenvalue weighted by Gasteiger charge is 2.08. The number of nitrogens with one attached hydrogen (secondary N) is 1. The summed E-state index contributed by atoms with van der Waals surface area (Å²) >= 11 is 0. The molecule has 0 aliphatic carbocycles. The average molecular weight is 228 g/mol. The van der Waals surface area contributed by atoms with Gasteiger partial charge in [-0.05, 0) is 6.07 Å². The second kappa shape index (κ2) is 6.59. The number of pyridine rings is 1. The first-order chi connectivity index (χ1) is 5.25. The maximum Gasteiger partial charge on any atom is 0.268 e. The second-order valence-electron chi connectivity index (χ2n) is 1.83. The van der Waals surface area contributed by atoms with Crippen LogP contribution in [-0.4, -0.2) is 10.9 Å². The molecule has 1 heterocycles. The fourth-order valence-corrected chi connectivity index (χ4v) is 0.637. The van der Waals surface area contributed by atoms with Gasteiger partial charge in [-0.2, -0.15) is 0 Å². The van der Waals surface area contributed by atoms with Gasteiger partial charge < -0.3 is 0 Å². The average Bonchev–Trinajstić information content (AvgIpc) is 2.04. The van der Waals surface area contributed by atoms with Gasteiger partial charge in [0.25, 0.3) is 5.91 Å². The molecule has 0 aromatic carbocycles. The smallest absolute Gasteiger partial charge is 0.268 e. The third-order valence-electron chi connectivity index (χ3n) is 1.15. The number of aromatic nitrogens is 1. The predicted octanol–water partition coefficient (Wildman–Crippen LogP) is 0.668. The Balaban J connectivity index is 0. The van der Waals surface area contributed by atoms with E-state index in [9.17, 15) is 9.18 Å². The van der Waals surface area contributed by atoms with Crippen LogP contribution in [0.4, 0.5) is 4.39 Å². The molecule has 4 nitrogen and oxygen atoms in total. The van der Waals surface area contributed by atoms with Crippen LogP contribution in [0.1, 0.15) is 10.4 Å². The fourth-order valence-electron chi connectivity index (χ4n) is 0.637. The lowest BCUT2D eigenvalue weighted by Gasteiger charge is -1.98. The SMILES string of the molecule is Cl.Cl.NNC(=O)c1ccncc1F. The minimum atomic E-state index is -0.685. The van der Waals surface area contributed by atoms with Gasteiger partial charge in [0.2, 0.25) is 0 Å². The van der Waals surface area contributed by atoms with E-state index in [-0.39, 0.29) is 30.4 Å². The number of halogens is 3. The molecule has 74 valence electrons. The van der Waals surface area contributed by atoms with E-state index in [0.29, 0.717) is 0 Å². The van der Waals surface area contributed by atoms with Crippen molar-refractivity contribution in [2.75, 3.05) is 0 Å². The lowest BCUT2D eigenvalue weighted by atomic mass is 10.2. The number of nitrogens with two attached hydrogens (primary N) is 1. The predicted molar refractivity (Wildman–Crippen MR) is 50.3 cm³/mol. The van der Waals surface area contributed by atoms with E-state index in [1.807, 2.05) is 5.43 Å². The van der Waals surface area contributed by atoms with Crippen LogP contribution in [0.2, 0.25) is 0 Å². The van der Waals surface area contributed by atoms with Gasteiger partial charge >= 0.3 is 0 Å². The highest BCUT2D eigenvalue weighted by Crippen LogP contribution is 2.02. The highest BCUT2D eigenvalue weighted by atomic mass is 35.5. The molecule has 0 unspecified atom stereocenters. The summed E-state index contributed by atoms with van der Waals surface area (Å²) in [5.41, 5.74) is 1.71. The Kier molecular flexibility index (Phi) is 7.40. The van der Waals surface area contributed by atoms with Crippen molar-refractivity contribution < 1.29 is 9.18 Å². The minimum Gasteiger partial charge on any atom is -0.290 e. The Bertz CT molecular complexity index is 284. The molecule has 0 aliphatic heterocycles. The van der Waals surface area contributed by atoms with Gasteiger partial charge in [-0.15, -0.1) is 24.8 Å². The van der Waals surface area contributed by atoms with Crippen molar-refractivity contribution in [2.24, 2.45) is 5.84 Å². The number of carbonyl (C=O) groups excluding carboxylic acids is 1. The molecular weight excluding hydrogens is 220 g/mol. The van der Waals surface area contributed by atoms with E-state index < -0.39 is 11.7 Å². The van der Waals surface area contributed by atoms with Crippen LogP contribution in [0.25, 0.3) is 0 Å². The third kappa shape index (κ3) is 3.54. The summed E-state index contributed by atoms with van der Waals surface area (Å²) in [6, 6.07) is 1.25. The topological polar surface area (TPSA) is 68.0 Å². The quantitative estimate of drug-likeness (QED) is 0.421. The number of hydrogen-bond acceptors (Lipinski definition) is 3. The molecule has 0 saturated carbocycles. The first kappa shape index (κ1) is 14.6. The zero-order valence-electron chi connectivity index (χ0n) is 6.36. The Morgan fingerprint density at radius 1 is 1.54 bits per heavy atom. The van der Waals surface area contributed by atoms with Gasteiger partial charge in [0.1, 0.15) is 0 Å². The molecule has 7 heteroatoms. The molecule has 3 N–H and O–H groups in total. The number of nitrogens with zero attached hydrogens (tertiary/aromatic N) is 1. The molecule has 0 radical (unpaired) electrons. The monoisotopic (exact) mass is 227 g/mol. The number of hydrogen-bond donors (Lipinski definition) is 2. The van der Waals surface area contributed by atoms with Crippen molar-refractivity contribution in [1.82, 2.24) is 10.4 Å². The number of carbonyl (C=O) groups is 1. The summed E-state index contributed by atoms with van der Waals surface area (Å²) in [4.78, 5) is 14.2. The molecular formula is C6H8Cl2FN3O. The first-order valence-electron chi connectivity index (χ1n) is 2.86. The summed E-state index contributed by atoms with van der Waals surface area (Å²) in [5.74, 6) is 3.44. The molecule has 1 aromatic heterocycles. The van der Waals surface area contributed by atoms with Crippen LogP contribution in [-0.2, 0) is 0 Å². The molecule has 0 atom stereocenters. The van der Waals surface area contributed by atoms with Crippen LogP contribution >= 0.6 is 24.8 Å². The zero-order valence-corrected chi connectivity index (χ0v) is 7.99. The summed E-state index contributed by atoms with van der Waals surface area (Å²) in [6.07, 6.45) is 2.26. The largest absolute Gasteiger partial charge is 0.290 e. The van der Waals surface area contributed by atoms with Crippen molar-refractivity contribution in [1.29, 1.82) is 0 Å². The summed E-state index contributed by atoms with van der Waals surface area (Å²) in [7, 11) is 0. The zero-order chi connectivity index (χ0) is 8.27. The van der Waals surface area contributed by atoms with Crippen LogP contribution < -0.4 is 11.3 Å². The van der Waals surface area contributed by atoms with Crippen LogP contribution in [0.3, 0.4) is 0 Å². The summed E-state index contributed by atoms with van der Waals surface area (Å²) in [6.45, 7) is 0. The van der Waals surface area contributed by atoms with E-state index >= 15 is 0 Å². The Labute approximate surface area is 86.5 Å². The van der Waals surface area contributed by atoms with Gasteiger partial charge in [-0.25, -0.2) is 10.2 Å². The standard InChI is InChI=1S/C6H6FN3O.2ClH/c7-5-3-9-2-1-4(5)6(11)10-8;;/h1-3H,8H2,(H,10,11);2*1H. The fraction of sp³-hybridized carbons (Fsp3) is 0. The molecule has 1 aromatic rings. The molecule has 0 fully saturated rings. The highest BCUT2D eigenvalue weighted by molar-refractivity contribution is 5.93. The van der Waals surface area contributed by atoms with E-state index in [0.717, 1.165) is 6.20 Å². The number of amides is 1. The van der Waals surface area contributed by atoms with Crippen LogP contribution in [0.15, 0.2) is 18.5 Å². The van der Waals surface area contributed by atoms with E-state index in [1.54, 1.807) is 0 Å². The molecule has 13 heavy (non-hydrogen) atoms. The van der Waals surface area contributed by atoms with E-state index in [2.05, 4.69) is 4.98 Å². The van der Waals surface area contributed by atoms with Crippen molar-refractivity contribution in [2.45, 2.75) is 0 Å². The Morgan fingerprint density at radius 3 is 2.62 bits per heavy atom. The van der Waals surface area contributed by atoms with Crippen molar-refractivity contribution in [3.05, 3.63) is 29.8 Å². The molecule has 0 bridgehead atoms. The third-order valence-corrected chi connectivity index (χ3v) is 1.15. The van der Waals surface area contributed by atoms with Gasteiger partial charge in [-0.1, -0.05) is 0 Å². The normalized spacial score (nSPS) is 7.85. The van der Waals surface area contributed by atoms with Crippen molar-refractivity contribution in [3.63, 3.8) is 0 Å². The van der Waals surface area contributed by atoms with Crippen molar-refractivity contribution >= 4 is 30.7 Å². The lowest BCUT2D eigenvalue weighted by Crippen LogP contribution is -2.30. The maximum atomic E-state index is 12.6. The van der Waals surface area contributed by atoms with Crippen LogP contribution in [0.5, 0.6) is 0 Å². The van der Waals surface area contributed by atoms with Gasteiger partial charge in [0.05, 0.1) is 11.8 Å². The number of nitrogen functional groups attached to an aromatic ring is 1. The molecule has 0 spiro atoms. The number of rotatable bonds is 1. The van der Waals surface area contributed by atoms with Gasteiger partial charge in [0, 0.05) is 6.20 Å². The molecule has 1 rings (SSSR count). The number of hydrazine groups is 1. The molecule has 0 saturated heterocycles. The summed E-state index contributed by atoms with van der Waals surface area (Å²) < 4.78 is 12.6. The van der Waals surface area contributed by atoms with Crippen molar-refractivity contribution in [3.8, 4) is 0 Å². The second-order valence-corrected chi connectivity index (χ2v) is 1.83. The van der Waals surface area contributed by atoms with Crippen LogP contribution in [0, 0.1) is 5.82 Å².